The van der Waals surface area contributed by atoms with Crippen molar-refractivity contribution in [3.63, 3.8) is 0 Å². The first-order valence-electron chi connectivity index (χ1n) is 4.86. The summed E-state index contributed by atoms with van der Waals surface area (Å²) in [7, 11) is 1.82. The van der Waals surface area contributed by atoms with Crippen molar-refractivity contribution in [2.45, 2.75) is 38.8 Å². The second-order valence-electron chi connectivity index (χ2n) is 4.08. The van der Waals surface area contributed by atoms with Crippen LogP contribution >= 0.6 is 0 Å². The molecule has 3 N–H and O–H groups in total. The van der Waals surface area contributed by atoms with Gasteiger partial charge in [0.25, 0.3) is 0 Å². The van der Waals surface area contributed by atoms with Crippen LogP contribution in [0.4, 0.5) is 0 Å². The summed E-state index contributed by atoms with van der Waals surface area (Å²) in [5.41, 5.74) is 6.23. The number of ether oxygens (including phenoxy) is 1. The molecule has 0 saturated heterocycles. The zero-order valence-corrected chi connectivity index (χ0v) is 8.58. The van der Waals surface area contributed by atoms with E-state index in [1.165, 1.54) is 0 Å². The molecule has 0 spiro atoms. The average molecular weight is 183 g/mol. The first-order chi connectivity index (χ1) is 6.02. The van der Waals surface area contributed by atoms with Crippen molar-refractivity contribution in [1.29, 1.82) is 0 Å². The van der Waals surface area contributed by atoms with Gasteiger partial charge in [-0.3, -0.25) is 0 Å². The SMILES string of the molecule is BC1OC(CCC(C)C)C(N)=C1O. The molecule has 0 aromatic carbocycles. The fourth-order valence-electron chi connectivity index (χ4n) is 1.49. The first kappa shape index (κ1) is 10.4. The van der Waals surface area contributed by atoms with E-state index in [9.17, 15) is 5.11 Å². The van der Waals surface area contributed by atoms with Gasteiger partial charge in [0, 0.05) is 0 Å². The van der Waals surface area contributed by atoms with E-state index < -0.39 is 0 Å². The Kier molecular flexibility index (Phi) is 3.25. The maximum atomic E-state index is 9.43. The Morgan fingerprint density at radius 1 is 1.62 bits per heavy atom. The molecule has 0 radical (unpaired) electrons. The van der Waals surface area contributed by atoms with Crippen LogP contribution in [0.3, 0.4) is 0 Å². The molecular formula is C9H18BNO2. The molecule has 0 aliphatic carbocycles. The summed E-state index contributed by atoms with van der Waals surface area (Å²) in [5, 5.41) is 9.43. The van der Waals surface area contributed by atoms with Crippen LogP contribution in [0.15, 0.2) is 11.5 Å². The van der Waals surface area contributed by atoms with Crippen molar-refractivity contribution in [2.24, 2.45) is 11.7 Å². The lowest BCUT2D eigenvalue weighted by Crippen LogP contribution is -2.18. The second-order valence-corrected chi connectivity index (χ2v) is 4.08. The topological polar surface area (TPSA) is 55.5 Å². The van der Waals surface area contributed by atoms with Gasteiger partial charge in [0.05, 0.1) is 11.7 Å². The van der Waals surface area contributed by atoms with E-state index in [1.807, 2.05) is 7.85 Å². The maximum absolute atomic E-state index is 9.43. The van der Waals surface area contributed by atoms with Crippen LogP contribution in [0.1, 0.15) is 26.7 Å². The van der Waals surface area contributed by atoms with Crippen LogP contribution in [0, 0.1) is 5.92 Å². The Hall–Kier alpha value is -0.635. The molecule has 1 aliphatic heterocycles. The molecule has 1 aliphatic rings. The van der Waals surface area contributed by atoms with Gasteiger partial charge in [-0.25, -0.2) is 0 Å². The van der Waals surface area contributed by atoms with E-state index in [1.54, 1.807) is 0 Å². The fourth-order valence-corrected chi connectivity index (χ4v) is 1.49. The smallest absolute Gasteiger partial charge is 0.149 e. The van der Waals surface area contributed by atoms with Gasteiger partial charge in [0.1, 0.15) is 19.7 Å². The summed E-state index contributed by atoms with van der Waals surface area (Å²) in [5.74, 6) is 0.864. The highest BCUT2D eigenvalue weighted by atomic mass is 16.5. The molecule has 3 nitrogen and oxygen atoms in total. The van der Waals surface area contributed by atoms with Gasteiger partial charge < -0.3 is 15.6 Å². The summed E-state index contributed by atoms with van der Waals surface area (Å²) in [6.45, 7) is 4.33. The van der Waals surface area contributed by atoms with Crippen molar-refractivity contribution in [3.8, 4) is 0 Å². The highest BCUT2D eigenvalue weighted by Gasteiger charge is 2.29. The van der Waals surface area contributed by atoms with E-state index in [-0.39, 0.29) is 17.9 Å². The van der Waals surface area contributed by atoms with Gasteiger partial charge in [-0.15, -0.1) is 0 Å². The molecule has 0 bridgehead atoms. The van der Waals surface area contributed by atoms with E-state index in [4.69, 9.17) is 10.5 Å². The lowest BCUT2D eigenvalue weighted by atomic mass is 9.98. The largest absolute Gasteiger partial charge is 0.508 e. The van der Waals surface area contributed by atoms with Crippen molar-refractivity contribution in [1.82, 2.24) is 0 Å². The van der Waals surface area contributed by atoms with Crippen LogP contribution in [-0.4, -0.2) is 25.1 Å². The number of aliphatic hydroxyl groups is 1. The first-order valence-corrected chi connectivity index (χ1v) is 4.86. The van der Waals surface area contributed by atoms with Gasteiger partial charge in [-0.05, 0) is 18.8 Å². The van der Waals surface area contributed by atoms with Crippen molar-refractivity contribution in [2.75, 3.05) is 0 Å². The number of aliphatic hydroxyl groups excluding tert-OH is 1. The van der Waals surface area contributed by atoms with Crippen molar-refractivity contribution < 1.29 is 9.84 Å². The normalized spacial score (nSPS) is 28.8. The summed E-state index contributed by atoms with van der Waals surface area (Å²) in [4.78, 5) is 0. The van der Waals surface area contributed by atoms with E-state index in [0.29, 0.717) is 11.6 Å². The Morgan fingerprint density at radius 3 is 2.62 bits per heavy atom. The minimum Gasteiger partial charge on any atom is -0.508 e. The Balaban J connectivity index is 2.46. The summed E-state index contributed by atoms with van der Waals surface area (Å²) >= 11 is 0. The Morgan fingerprint density at radius 2 is 2.23 bits per heavy atom. The standard InChI is InChI=1S/C9H18BNO2/c1-5(2)3-4-6-7(11)8(12)9(10)13-6/h5-6,9,12H,3-4,10-11H2,1-2H3. The average Bonchev–Trinajstić information content (AvgIpc) is 2.29. The number of rotatable bonds is 3. The summed E-state index contributed by atoms with van der Waals surface area (Å²) in [6, 6.07) is -0.225. The van der Waals surface area contributed by atoms with Crippen molar-refractivity contribution >= 4 is 7.85 Å². The third-order valence-electron chi connectivity index (χ3n) is 2.40. The van der Waals surface area contributed by atoms with Crippen LogP contribution in [0.2, 0.25) is 0 Å². The number of hydrogen-bond donors (Lipinski definition) is 2. The zero-order chi connectivity index (χ0) is 10.0. The van der Waals surface area contributed by atoms with Gasteiger partial charge >= 0.3 is 0 Å². The van der Waals surface area contributed by atoms with Gasteiger partial charge in [0.2, 0.25) is 0 Å². The maximum Gasteiger partial charge on any atom is 0.149 e. The third-order valence-corrected chi connectivity index (χ3v) is 2.40. The predicted octanol–water partition coefficient (Wildman–Crippen LogP) is 0.509. The molecule has 74 valence electrons. The molecule has 2 atom stereocenters. The highest BCUT2D eigenvalue weighted by molar-refractivity contribution is 6.13. The lowest BCUT2D eigenvalue weighted by molar-refractivity contribution is 0.0743. The number of hydrogen-bond acceptors (Lipinski definition) is 3. The van der Waals surface area contributed by atoms with Crippen LogP contribution in [-0.2, 0) is 4.74 Å². The van der Waals surface area contributed by atoms with Crippen LogP contribution in [0.5, 0.6) is 0 Å². The molecule has 0 saturated carbocycles. The number of nitrogens with two attached hydrogens (primary N) is 1. The molecule has 0 fully saturated rings. The zero-order valence-electron chi connectivity index (χ0n) is 8.58. The van der Waals surface area contributed by atoms with Gasteiger partial charge in [-0.2, -0.15) is 0 Å². The molecule has 2 unspecified atom stereocenters. The molecule has 4 heteroatoms. The lowest BCUT2D eigenvalue weighted by Gasteiger charge is -2.13. The molecule has 0 aromatic rings. The van der Waals surface area contributed by atoms with E-state index >= 15 is 0 Å². The molecule has 0 amide bonds. The minimum absolute atomic E-state index is 0.0719. The minimum atomic E-state index is -0.225. The molecule has 0 aromatic heterocycles. The Bertz CT molecular complexity index is 216. The van der Waals surface area contributed by atoms with Gasteiger partial charge in [-0.1, -0.05) is 13.8 Å². The monoisotopic (exact) mass is 183 g/mol. The molecule has 1 heterocycles. The predicted molar refractivity (Wildman–Crippen MR) is 55.1 cm³/mol. The van der Waals surface area contributed by atoms with Crippen LogP contribution < -0.4 is 5.73 Å². The molecular weight excluding hydrogens is 165 g/mol. The second kappa shape index (κ2) is 4.05. The quantitative estimate of drug-likeness (QED) is 0.626. The van der Waals surface area contributed by atoms with E-state index in [2.05, 4.69) is 13.8 Å². The summed E-state index contributed by atoms with van der Waals surface area (Å²) in [6.07, 6.45) is 1.90. The summed E-state index contributed by atoms with van der Waals surface area (Å²) < 4.78 is 5.49. The van der Waals surface area contributed by atoms with Crippen LogP contribution in [0.25, 0.3) is 0 Å². The fraction of sp³-hybridized carbons (Fsp3) is 0.778. The highest BCUT2D eigenvalue weighted by Crippen LogP contribution is 2.24. The Labute approximate surface area is 80.4 Å². The molecule has 13 heavy (non-hydrogen) atoms. The van der Waals surface area contributed by atoms with Gasteiger partial charge in [0.15, 0.2) is 0 Å². The third kappa shape index (κ3) is 2.40. The molecule has 1 rings (SSSR count). The van der Waals surface area contributed by atoms with E-state index in [0.717, 1.165) is 12.8 Å². The van der Waals surface area contributed by atoms with Crippen molar-refractivity contribution in [3.05, 3.63) is 11.5 Å².